The Morgan fingerprint density at radius 3 is 2.51 bits per heavy atom. The van der Waals surface area contributed by atoms with Crippen molar-refractivity contribution in [2.24, 2.45) is 23.5 Å². The van der Waals surface area contributed by atoms with Crippen molar-refractivity contribution >= 4 is 45.3 Å². The molecule has 5 heterocycles. The predicted molar refractivity (Wildman–Crippen MR) is 190 cm³/mol. The number of methoxy groups -OCH3 is 1. The number of hydrogen-bond donors (Lipinski definition) is 1. The standard InChI is InChI=1S/C38H41ClN8O2/c1-49-32-14-26(38(48)46-20-25-7-9-29(46)34(25)40)12-28-35(32)47(19-22-16-44(17-22)33-10-11-41-36(43-33)23-4-5-23)37(42-28)31-13-24-6-8-27(39)15-30(24)45(31)18-21-2-3-21/h6,8,10-15,21-23,25,29,34H,2-5,7,9,16-20,40H2,1H3/t25-,29-,34-/m1/s1. The van der Waals surface area contributed by atoms with E-state index >= 15 is 0 Å². The first-order valence-electron chi connectivity index (χ1n) is 17.9. The molecule has 3 aromatic heterocycles. The fourth-order valence-corrected chi connectivity index (χ4v) is 8.87. The predicted octanol–water partition coefficient (Wildman–Crippen LogP) is 6.10. The van der Waals surface area contributed by atoms with E-state index in [9.17, 15) is 4.79 Å². The summed E-state index contributed by atoms with van der Waals surface area (Å²) in [5.74, 6) is 5.52. The van der Waals surface area contributed by atoms with Crippen molar-refractivity contribution in [3.05, 3.63) is 65.1 Å². The number of ether oxygens (including phenoxy) is 1. The van der Waals surface area contributed by atoms with Gasteiger partial charge in [-0.05, 0) is 86.8 Å². The Labute approximate surface area is 290 Å². The van der Waals surface area contributed by atoms with Crippen LogP contribution >= 0.6 is 11.6 Å². The summed E-state index contributed by atoms with van der Waals surface area (Å²) in [7, 11) is 1.69. The van der Waals surface area contributed by atoms with Crippen molar-refractivity contribution in [1.82, 2.24) is 29.0 Å². The molecule has 10 nitrogen and oxygen atoms in total. The van der Waals surface area contributed by atoms with Gasteiger partial charge in [0.15, 0.2) is 5.82 Å². The van der Waals surface area contributed by atoms with Crippen LogP contribution in [0.2, 0.25) is 5.02 Å². The maximum absolute atomic E-state index is 14.0. The SMILES string of the molecule is COc1cc(C(=O)N2C[C@H]3CC[C@@H]2[C@@H]3N)cc2nc(-c3cc4ccc(Cl)cc4n3CC3CC3)n(CC3CN(c4ccnc(C5CC5)n4)C3)c12. The van der Waals surface area contributed by atoms with Crippen molar-refractivity contribution in [2.45, 2.75) is 69.6 Å². The summed E-state index contributed by atoms with van der Waals surface area (Å²) in [5, 5.41) is 1.87. The smallest absolute Gasteiger partial charge is 0.254 e. The molecule has 2 aliphatic heterocycles. The van der Waals surface area contributed by atoms with Gasteiger partial charge in [0.2, 0.25) is 0 Å². The molecule has 3 aliphatic carbocycles. The topological polar surface area (TPSA) is 107 Å². The number of aromatic nitrogens is 5. The highest BCUT2D eigenvalue weighted by Crippen LogP contribution is 2.42. The molecule has 0 radical (unpaired) electrons. The molecule has 1 amide bonds. The van der Waals surface area contributed by atoms with Crippen molar-refractivity contribution in [1.29, 1.82) is 0 Å². The summed E-state index contributed by atoms with van der Waals surface area (Å²) in [5.41, 5.74) is 11.0. The fourth-order valence-electron chi connectivity index (χ4n) is 8.71. The number of rotatable bonds is 9. The lowest BCUT2D eigenvalue weighted by Crippen LogP contribution is -2.49. The van der Waals surface area contributed by atoms with Crippen LogP contribution in [0.15, 0.2) is 48.7 Å². The van der Waals surface area contributed by atoms with Crippen LogP contribution in [0.4, 0.5) is 5.82 Å². The van der Waals surface area contributed by atoms with Crippen molar-refractivity contribution in [2.75, 3.05) is 31.6 Å². The minimum Gasteiger partial charge on any atom is -0.494 e. The maximum Gasteiger partial charge on any atom is 0.254 e. The first-order chi connectivity index (χ1) is 23.9. The average molecular weight is 677 g/mol. The fraction of sp³-hybridized carbons (Fsp3) is 0.474. The highest BCUT2D eigenvalue weighted by Gasteiger charge is 2.47. The van der Waals surface area contributed by atoms with E-state index < -0.39 is 0 Å². The first-order valence-corrected chi connectivity index (χ1v) is 18.3. The van der Waals surface area contributed by atoms with Gasteiger partial charge in [0.05, 0.1) is 23.8 Å². The molecule has 252 valence electrons. The number of amides is 1. The summed E-state index contributed by atoms with van der Waals surface area (Å²) in [6.07, 6.45) is 8.83. The lowest BCUT2D eigenvalue weighted by atomic mass is 9.99. The highest BCUT2D eigenvalue weighted by molar-refractivity contribution is 6.31. The van der Waals surface area contributed by atoms with Gasteiger partial charge in [-0.3, -0.25) is 4.79 Å². The van der Waals surface area contributed by atoms with Gasteiger partial charge < -0.3 is 29.4 Å². The van der Waals surface area contributed by atoms with E-state index in [1.807, 2.05) is 35.4 Å². The molecule has 11 heteroatoms. The lowest BCUT2D eigenvalue weighted by molar-refractivity contribution is 0.0700. The number of benzene rings is 2. The second-order valence-electron chi connectivity index (χ2n) is 15.1. The Morgan fingerprint density at radius 1 is 0.939 bits per heavy atom. The van der Waals surface area contributed by atoms with Gasteiger partial charge in [-0.25, -0.2) is 15.0 Å². The van der Waals surface area contributed by atoms with Gasteiger partial charge in [-0.2, -0.15) is 0 Å². The highest BCUT2D eigenvalue weighted by atomic mass is 35.5. The van der Waals surface area contributed by atoms with E-state index in [2.05, 4.69) is 37.2 Å². The minimum atomic E-state index is 0.0153. The third-order valence-electron chi connectivity index (χ3n) is 11.7. The minimum absolute atomic E-state index is 0.0153. The van der Waals surface area contributed by atoms with Crippen LogP contribution in [-0.2, 0) is 13.1 Å². The maximum atomic E-state index is 14.0. The summed E-state index contributed by atoms with van der Waals surface area (Å²) in [6.45, 7) is 4.22. The van der Waals surface area contributed by atoms with E-state index in [1.54, 1.807) is 7.11 Å². The van der Waals surface area contributed by atoms with Gasteiger partial charge in [-0.1, -0.05) is 17.7 Å². The quantitative estimate of drug-likeness (QED) is 0.201. The Hall–Kier alpha value is -4.15. The number of nitrogens with two attached hydrogens (primary N) is 1. The zero-order valence-electron chi connectivity index (χ0n) is 27.8. The molecule has 0 unspecified atom stereocenters. The Kier molecular flexibility index (Phi) is 6.79. The molecule has 3 atom stereocenters. The summed E-state index contributed by atoms with van der Waals surface area (Å²) >= 11 is 6.55. The number of fused-ring (bicyclic) bond motifs is 4. The zero-order valence-corrected chi connectivity index (χ0v) is 28.5. The van der Waals surface area contributed by atoms with Crippen LogP contribution in [0, 0.1) is 17.8 Å². The summed E-state index contributed by atoms with van der Waals surface area (Å²) < 4.78 is 10.8. The lowest BCUT2D eigenvalue weighted by Gasteiger charge is -2.40. The zero-order chi connectivity index (χ0) is 33.0. The van der Waals surface area contributed by atoms with E-state index in [4.69, 9.17) is 32.0 Å². The number of imidazole rings is 1. The average Bonchev–Trinajstić information content (AvgIpc) is 4.00. The Balaban J connectivity index is 1.06. The van der Waals surface area contributed by atoms with Gasteiger partial charge in [-0.15, -0.1) is 0 Å². The molecule has 3 saturated carbocycles. The van der Waals surface area contributed by atoms with Crippen LogP contribution in [0.5, 0.6) is 5.75 Å². The number of nitrogens with zero attached hydrogens (tertiary/aromatic N) is 7. The molecule has 5 aromatic rings. The summed E-state index contributed by atoms with van der Waals surface area (Å²) in [4.78, 5) is 33.1. The van der Waals surface area contributed by atoms with E-state index in [-0.39, 0.29) is 18.0 Å². The van der Waals surface area contributed by atoms with Crippen LogP contribution in [0.25, 0.3) is 33.5 Å². The Bertz CT molecular complexity index is 2130. The molecule has 5 fully saturated rings. The van der Waals surface area contributed by atoms with E-state index in [0.717, 1.165) is 95.7 Å². The third-order valence-corrected chi connectivity index (χ3v) is 12.0. The molecule has 10 rings (SSSR count). The van der Waals surface area contributed by atoms with Crippen molar-refractivity contribution < 1.29 is 9.53 Å². The van der Waals surface area contributed by atoms with Gasteiger partial charge in [0.1, 0.15) is 22.9 Å². The molecule has 2 aromatic carbocycles. The van der Waals surface area contributed by atoms with Crippen molar-refractivity contribution in [3.63, 3.8) is 0 Å². The normalized spacial score (nSPS) is 23.6. The Morgan fingerprint density at radius 2 is 1.78 bits per heavy atom. The van der Waals surface area contributed by atoms with Gasteiger partial charge in [0.25, 0.3) is 5.91 Å². The molecule has 0 spiro atoms. The number of carbonyl (C=O) groups excluding carboxylic acids is 1. The number of halogens is 1. The molecule has 5 aliphatic rings. The van der Waals surface area contributed by atoms with Gasteiger partial charge >= 0.3 is 0 Å². The van der Waals surface area contributed by atoms with E-state index in [1.165, 1.54) is 25.7 Å². The molecule has 2 bridgehead atoms. The molecular formula is C38H41ClN8O2. The molecule has 2 N–H and O–H groups in total. The van der Waals surface area contributed by atoms with Crippen molar-refractivity contribution in [3.8, 4) is 17.3 Å². The monoisotopic (exact) mass is 676 g/mol. The molecular weight excluding hydrogens is 636 g/mol. The molecule has 49 heavy (non-hydrogen) atoms. The number of anilines is 1. The van der Waals surface area contributed by atoms with Crippen LogP contribution < -0.4 is 15.4 Å². The third kappa shape index (κ3) is 5.01. The largest absolute Gasteiger partial charge is 0.494 e. The van der Waals surface area contributed by atoms with Gasteiger partial charge in [0, 0.05) is 78.8 Å². The second-order valence-corrected chi connectivity index (χ2v) is 15.6. The number of carbonyl (C=O) groups is 1. The van der Waals surface area contributed by atoms with E-state index in [0.29, 0.717) is 35.0 Å². The van der Waals surface area contributed by atoms with Crippen LogP contribution in [0.1, 0.15) is 60.6 Å². The second kappa shape index (κ2) is 11.2. The van der Waals surface area contributed by atoms with Crippen LogP contribution in [-0.4, -0.2) is 73.7 Å². The molecule has 2 saturated heterocycles. The number of hydrogen-bond acceptors (Lipinski definition) is 7. The number of likely N-dealkylation sites (tertiary alicyclic amines) is 1. The first kappa shape index (κ1) is 29.7. The van der Waals surface area contributed by atoms with Crippen LogP contribution in [0.3, 0.4) is 0 Å². The summed E-state index contributed by atoms with van der Waals surface area (Å²) in [6, 6.07) is 14.5. The number of piperidine rings is 1.